The molecule has 3 N–H and O–H groups in total. The van der Waals surface area contributed by atoms with Gasteiger partial charge in [-0.2, -0.15) is 0 Å². The van der Waals surface area contributed by atoms with Crippen molar-refractivity contribution in [2.45, 2.75) is 24.4 Å². The largest absolute Gasteiger partial charge is 0.457 e. The molecule has 6 rings (SSSR count). The number of carbonyl (C=O) groups excluding carboxylic acids is 1. The van der Waals surface area contributed by atoms with Crippen LogP contribution in [0.4, 0.5) is 16.2 Å². The van der Waals surface area contributed by atoms with Crippen LogP contribution in [-0.2, 0) is 14.2 Å². The van der Waals surface area contributed by atoms with Gasteiger partial charge in [0.05, 0.1) is 19.3 Å². The molecule has 1 amide bonds. The van der Waals surface area contributed by atoms with Crippen molar-refractivity contribution in [2.24, 2.45) is 0 Å². The second-order valence-corrected chi connectivity index (χ2v) is 9.74. The van der Waals surface area contributed by atoms with Crippen LogP contribution in [0.5, 0.6) is 11.5 Å². The van der Waals surface area contributed by atoms with E-state index >= 15 is 0 Å². The molecule has 0 bridgehead atoms. The summed E-state index contributed by atoms with van der Waals surface area (Å²) < 4.78 is 23.3. The molecule has 4 aromatic carbocycles. The van der Waals surface area contributed by atoms with Crippen molar-refractivity contribution < 1.29 is 23.7 Å². The highest BCUT2D eigenvalue weighted by molar-refractivity contribution is 7.80. The van der Waals surface area contributed by atoms with Crippen molar-refractivity contribution in [1.82, 2.24) is 5.32 Å². The van der Waals surface area contributed by atoms with Gasteiger partial charge in [-0.1, -0.05) is 54.6 Å². The van der Waals surface area contributed by atoms with E-state index in [-0.39, 0.29) is 24.9 Å². The molecule has 2 aliphatic rings. The summed E-state index contributed by atoms with van der Waals surface area (Å²) in [5.74, 6) is 1.40. The maximum absolute atomic E-state index is 12.6. The smallest absolute Gasteiger partial charge is 0.412 e. The van der Waals surface area contributed by atoms with Crippen LogP contribution >= 0.6 is 12.2 Å². The van der Waals surface area contributed by atoms with Crippen LogP contribution in [0.25, 0.3) is 10.8 Å². The number of hydrogen-bond acceptors (Lipinski definition) is 6. The number of benzene rings is 4. The van der Waals surface area contributed by atoms with E-state index in [4.69, 9.17) is 31.2 Å². The maximum atomic E-state index is 12.6. The number of nitrogens with one attached hydrogen (secondary N) is 3. The van der Waals surface area contributed by atoms with E-state index in [0.29, 0.717) is 23.2 Å². The third kappa shape index (κ3) is 5.80. The van der Waals surface area contributed by atoms with Crippen LogP contribution in [0.15, 0.2) is 97.1 Å². The molecule has 4 aromatic rings. The molecular formula is C30H27N3O5S. The predicted molar refractivity (Wildman–Crippen MR) is 153 cm³/mol. The molecule has 8 nitrogen and oxygen atoms in total. The molecule has 0 saturated carbocycles. The molecule has 0 unspecified atom stereocenters. The predicted octanol–water partition coefficient (Wildman–Crippen LogP) is 5.70. The Hall–Kier alpha value is -4.18. The van der Waals surface area contributed by atoms with Gasteiger partial charge in [0.15, 0.2) is 11.2 Å². The number of fused-ring (bicyclic) bond motifs is 2. The van der Waals surface area contributed by atoms with Crippen molar-refractivity contribution >= 4 is 45.6 Å². The molecule has 39 heavy (non-hydrogen) atoms. The first-order chi connectivity index (χ1) is 19.1. The average molecular weight is 542 g/mol. The third-order valence-corrected chi connectivity index (χ3v) is 6.92. The Morgan fingerprint density at radius 1 is 0.769 bits per heavy atom. The number of rotatable bonds is 6. The normalized spacial score (nSPS) is 21.6. The van der Waals surface area contributed by atoms with E-state index in [9.17, 15) is 4.79 Å². The van der Waals surface area contributed by atoms with E-state index in [1.807, 2.05) is 54.6 Å². The highest BCUT2D eigenvalue weighted by Crippen LogP contribution is 2.30. The molecule has 0 aliphatic carbocycles. The molecule has 0 spiro atoms. The molecule has 2 aliphatic heterocycles. The van der Waals surface area contributed by atoms with Crippen LogP contribution < -0.4 is 20.7 Å². The van der Waals surface area contributed by atoms with Crippen LogP contribution in [0.3, 0.4) is 0 Å². The van der Waals surface area contributed by atoms with Crippen LogP contribution in [-0.4, -0.2) is 48.8 Å². The SMILES string of the molecule is O=C(Nc1ccc(Oc2ccccc2)cc1)O[C@@H]1CO[C@H]2[C@@H]1OC[C@@H]2NC(=S)Nc1cccc2ccccc12. The Bertz CT molecular complexity index is 1460. The van der Waals surface area contributed by atoms with Gasteiger partial charge in [0.25, 0.3) is 0 Å². The summed E-state index contributed by atoms with van der Waals surface area (Å²) in [6.45, 7) is 0.630. The number of hydrogen-bond donors (Lipinski definition) is 3. The van der Waals surface area contributed by atoms with Crippen LogP contribution in [0.2, 0.25) is 0 Å². The first-order valence-electron chi connectivity index (χ1n) is 12.7. The van der Waals surface area contributed by atoms with E-state index in [2.05, 4.69) is 34.1 Å². The number of carbonyl (C=O) groups is 1. The summed E-state index contributed by atoms with van der Waals surface area (Å²) in [5, 5.41) is 12.0. The Labute approximate surface area is 231 Å². The Morgan fingerprint density at radius 2 is 1.49 bits per heavy atom. The minimum absolute atomic E-state index is 0.168. The molecule has 198 valence electrons. The molecule has 2 heterocycles. The molecule has 0 aromatic heterocycles. The zero-order chi connectivity index (χ0) is 26.6. The van der Waals surface area contributed by atoms with Crippen molar-refractivity contribution in [2.75, 3.05) is 23.8 Å². The van der Waals surface area contributed by atoms with Gasteiger partial charge < -0.3 is 29.6 Å². The van der Waals surface area contributed by atoms with Crippen LogP contribution in [0, 0.1) is 0 Å². The number of ether oxygens (including phenoxy) is 4. The fourth-order valence-electron chi connectivity index (χ4n) is 4.87. The van der Waals surface area contributed by atoms with Gasteiger partial charge in [0, 0.05) is 16.8 Å². The summed E-state index contributed by atoms with van der Waals surface area (Å²) in [7, 11) is 0. The maximum Gasteiger partial charge on any atom is 0.412 e. The lowest BCUT2D eigenvalue weighted by molar-refractivity contribution is 0.00880. The lowest BCUT2D eigenvalue weighted by Gasteiger charge is -2.20. The quantitative estimate of drug-likeness (QED) is 0.268. The van der Waals surface area contributed by atoms with Gasteiger partial charge in [-0.3, -0.25) is 5.32 Å². The lowest BCUT2D eigenvalue weighted by Crippen LogP contribution is -2.46. The first-order valence-corrected chi connectivity index (χ1v) is 13.1. The van der Waals surface area contributed by atoms with Gasteiger partial charge in [0.2, 0.25) is 0 Å². The average Bonchev–Trinajstić information content (AvgIpc) is 3.53. The monoisotopic (exact) mass is 541 g/mol. The van der Waals surface area contributed by atoms with E-state index in [1.165, 1.54) is 0 Å². The number of thiocarbonyl (C=S) groups is 1. The molecule has 9 heteroatoms. The van der Waals surface area contributed by atoms with E-state index in [1.54, 1.807) is 24.3 Å². The van der Waals surface area contributed by atoms with Gasteiger partial charge in [-0.25, -0.2) is 4.79 Å². The Morgan fingerprint density at radius 3 is 2.33 bits per heavy atom. The summed E-state index contributed by atoms with van der Waals surface area (Å²) in [6.07, 6.45) is -1.77. The first kappa shape index (κ1) is 25.1. The standard InChI is InChI=1S/C30H27N3O5S/c34-30(31-20-13-15-22(16-14-20)37-21-9-2-1-3-10-21)38-26-18-36-27-25(17-35-28(26)27)33-29(39)32-24-12-6-8-19-7-4-5-11-23(19)24/h1-16,25-28H,17-18H2,(H,31,34)(H2,32,33,39)/t25-,26+,27+,28+/m0/s1. The van der Waals surface area contributed by atoms with Crippen molar-refractivity contribution in [3.63, 3.8) is 0 Å². The summed E-state index contributed by atoms with van der Waals surface area (Å²) in [4.78, 5) is 12.6. The van der Waals surface area contributed by atoms with E-state index < -0.39 is 12.2 Å². The molecule has 2 fully saturated rings. The topological polar surface area (TPSA) is 90.1 Å². The molecule has 0 radical (unpaired) electrons. The highest BCUT2D eigenvalue weighted by Gasteiger charge is 2.49. The van der Waals surface area contributed by atoms with Gasteiger partial charge in [-0.15, -0.1) is 0 Å². The minimum atomic E-state index is -0.575. The van der Waals surface area contributed by atoms with Gasteiger partial charge in [0.1, 0.15) is 23.7 Å². The second-order valence-electron chi connectivity index (χ2n) is 9.34. The van der Waals surface area contributed by atoms with Crippen LogP contribution in [0.1, 0.15) is 0 Å². The zero-order valence-electron chi connectivity index (χ0n) is 20.9. The minimum Gasteiger partial charge on any atom is -0.457 e. The molecule has 2 saturated heterocycles. The third-order valence-electron chi connectivity index (χ3n) is 6.70. The fourth-order valence-corrected chi connectivity index (χ4v) is 5.13. The number of para-hydroxylation sites is 1. The Kier molecular flexibility index (Phi) is 7.27. The summed E-state index contributed by atoms with van der Waals surface area (Å²) in [6, 6.07) is 30.5. The molecular weight excluding hydrogens is 514 g/mol. The van der Waals surface area contributed by atoms with E-state index in [0.717, 1.165) is 22.2 Å². The zero-order valence-corrected chi connectivity index (χ0v) is 21.7. The highest BCUT2D eigenvalue weighted by atomic mass is 32.1. The second kappa shape index (κ2) is 11.3. The van der Waals surface area contributed by atoms with Gasteiger partial charge in [-0.05, 0) is 60.1 Å². The summed E-state index contributed by atoms with van der Waals surface area (Å²) in [5.41, 5.74) is 1.51. The summed E-state index contributed by atoms with van der Waals surface area (Å²) >= 11 is 5.58. The molecule has 4 atom stereocenters. The van der Waals surface area contributed by atoms with Crippen molar-refractivity contribution in [3.05, 3.63) is 97.1 Å². The number of amides is 1. The lowest BCUT2D eigenvalue weighted by atomic mass is 10.1. The Balaban J connectivity index is 0.997. The van der Waals surface area contributed by atoms with Crippen molar-refractivity contribution in [3.8, 4) is 11.5 Å². The fraction of sp³-hybridized carbons (Fsp3) is 0.200. The number of anilines is 2. The van der Waals surface area contributed by atoms with Gasteiger partial charge >= 0.3 is 6.09 Å². The van der Waals surface area contributed by atoms with Crippen molar-refractivity contribution in [1.29, 1.82) is 0 Å².